The van der Waals surface area contributed by atoms with Crippen LogP contribution in [0.1, 0.15) is 11.4 Å². The second-order valence-electron chi connectivity index (χ2n) is 4.12. The van der Waals surface area contributed by atoms with Gasteiger partial charge in [-0.2, -0.15) is 0 Å². The van der Waals surface area contributed by atoms with Gasteiger partial charge in [0.1, 0.15) is 5.75 Å². The summed E-state index contributed by atoms with van der Waals surface area (Å²) in [6.07, 6.45) is 0. The molecule has 3 nitrogen and oxygen atoms in total. The largest absolute Gasteiger partial charge is 0.497 e. The second kappa shape index (κ2) is 6.13. The minimum absolute atomic E-state index is 0.569. The molecule has 0 radical (unpaired) electrons. The maximum atomic E-state index is 6.09. The second-order valence-corrected chi connectivity index (χ2v) is 4.96. The highest BCUT2D eigenvalue weighted by molar-refractivity contribution is 6.36. The molecule has 0 aliphatic rings. The first kappa shape index (κ1) is 14.0. The molecule has 2 aromatic rings. The van der Waals surface area contributed by atoms with Gasteiger partial charge in [-0.1, -0.05) is 23.2 Å². The topological polar surface area (TPSA) is 34.1 Å². The molecule has 0 fully saturated rings. The number of hydrogen-bond donors (Lipinski definition) is 1. The average molecular weight is 297 g/mol. The third-order valence-corrected chi connectivity index (χ3v) is 3.15. The molecule has 0 saturated carbocycles. The normalized spacial score (nSPS) is 10.3. The van der Waals surface area contributed by atoms with Gasteiger partial charge in [-0.05, 0) is 25.1 Å². The lowest BCUT2D eigenvalue weighted by molar-refractivity contribution is 0.413. The molecule has 2 rings (SSSR count). The van der Waals surface area contributed by atoms with E-state index in [9.17, 15) is 0 Å². The number of halogens is 2. The third kappa shape index (κ3) is 3.75. The molecule has 0 spiro atoms. The van der Waals surface area contributed by atoms with E-state index in [-0.39, 0.29) is 0 Å². The van der Waals surface area contributed by atoms with Crippen LogP contribution in [0.5, 0.6) is 5.75 Å². The summed E-state index contributed by atoms with van der Waals surface area (Å²) < 4.78 is 5.22. The van der Waals surface area contributed by atoms with Gasteiger partial charge in [0.15, 0.2) is 0 Å². The van der Waals surface area contributed by atoms with Crippen LogP contribution in [0.2, 0.25) is 10.0 Å². The van der Waals surface area contributed by atoms with E-state index >= 15 is 0 Å². The van der Waals surface area contributed by atoms with Crippen molar-refractivity contribution in [2.45, 2.75) is 13.5 Å². The summed E-state index contributed by atoms with van der Waals surface area (Å²) >= 11 is 11.9. The van der Waals surface area contributed by atoms with Crippen LogP contribution < -0.4 is 10.1 Å². The van der Waals surface area contributed by atoms with Crippen LogP contribution in [-0.2, 0) is 6.54 Å². The Morgan fingerprint density at radius 2 is 2.00 bits per heavy atom. The van der Waals surface area contributed by atoms with Gasteiger partial charge in [0, 0.05) is 22.8 Å². The Hall–Kier alpha value is -1.45. The van der Waals surface area contributed by atoms with Crippen molar-refractivity contribution in [2.75, 3.05) is 12.4 Å². The Labute approximate surface area is 122 Å². The Morgan fingerprint density at radius 1 is 1.21 bits per heavy atom. The van der Waals surface area contributed by atoms with E-state index in [1.54, 1.807) is 19.2 Å². The number of aryl methyl sites for hydroxylation is 1. The van der Waals surface area contributed by atoms with Crippen LogP contribution in [0.3, 0.4) is 0 Å². The maximum Gasteiger partial charge on any atom is 0.122 e. The Bertz CT molecular complexity index is 588. The number of nitrogens with one attached hydrogen (secondary N) is 1. The van der Waals surface area contributed by atoms with Crippen LogP contribution in [-0.4, -0.2) is 12.1 Å². The van der Waals surface area contributed by atoms with Crippen LogP contribution in [0.15, 0.2) is 30.3 Å². The fourth-order valence-corrected chi connectivity index (χ4v) is 2.21. The predicted octanol–water partition coefficient (Wildman–Crippen LogP) is 4.32. The number of pyridine rings is 1. The molecule has 0 bridgehead atoms. The van der Waals surface area contributed by atoms with Crippen molar-refractivity contribution in [3.8, 4) is 5.75 Å². The molecule has 100 valence electrons. The van der Waals surface area contributed by atoms with E-state index in [0.29, 0.717) is 16.6 Å². The molecule has 1 aromatic heterocycles. The van der Waals surface area contributed by atoms with Crippen molar-refractivity contribution in [3.05, 3.63) is 51.8 Å². The number of hydrogen-bond acceptors (Lipinski definition) is 3. The van der Waals surface area contributed by atoms with Gasteiger partial charge < -0.3 is 10.1 Å². The molecule has 0 amide bonds. The van der Waals surface area contributed by atoms with Crippen LogP contribution >= 0.6 is 23.2 Å². The summed E-state index contributed by atoms with van der Waals surface area (Å²) in [6.45, 7) is 2.50. The maximum absolute atomic E-state index is 6.09. The zero-order valence-electron chi connectivity index (χ0n) is 10.7. The highest BCUT2D eigenvalue weighted by Gasteiger charge is 2.03. The first-order chi connectivity index (χ1) is 9.08. The van der Waals surface area contributed by atoms with Gasteiger partial charge in [0.05, 0.1) is 30.1 Å². The Balaban J connectivity index is 2.12. The van der Waals surface area contributed by atoms with Gasteiger partial charge in [-0.3, -0.25) is 4.98 Å². The molecule has 0 unspecified atom stereocenters. The predicted molar refractivity (Wildman–Crippen MR) is 79.3 cm³/mol. The quantitative estimate of drug-likeness (QED) is 0.912. The van der Waals surface area contributed by atoms with E-state index in [1.807, 2.05) is 25.1 Å². The Morgan fingerprint density at radius 3 is 2.68 bits per heavy atom. The molecule has 1 N–H and O–H groups in total. The first-order valence-electron chi connectivity index (χ1n) is 5.79. The molecule has 19 heavy (non-hydrogen) atoms. The molecule has 0 aliphatic carbocycles. The minimum Gasteiger partial charge on any atom is -0.497 e. The van der Waals surface area contributed by atoms with E-state index in [4.69, 9.17) is 27.9 Å². The van der Waals surface area contributed by atoms with Crippen molar-refractivity contribution in [2.24, 2.45) is 0 Å². The molecular formula is C14H14Cl2N2O. The summed E-state index contributed by atoms with van der Waals surface area (Å²) in [5, 5.41) is 4.43. The molecule has 5 heteroatoms. The van der Waals surface area contributed by atoms with Crippen molar-refractivity contribution in [1.82, 2.24) is 4.98 Å². The van der Waals surface area contributed by atoms with Crippen LogP contribution in [0.25, 0.3) is 0 Å². The average Bonchev–Trinajstić information content (AvgIpc) is 2.37. The summed E-state index contributed by atoms with van der Waals surface area (Å²) in [5.74, 6) is 0.798. The lowest BCUT2D eigenvalue weighted by Crippen LogP contribution is -2.03. The van der Waals surface area contributed by atoms with E-state index < -0.39 is 0 Å². The zero-order valence-corrected chi connectivity index (χ0v) is 12.2. The van der Waals surface area contributed by atoms with Crippen LogP contribution in [0, 0.1) is 6.92 Å². The number of rotatable bonds is 4. The van der Waals surface area contributed by atoms with Crippen molar-refractivity contribution in [3.63, 3.8) is 0 Å². The number of methoxy groups -OCH3 is 1. The van der Waals surface area contributed by atoms with Gasteiger partial charge in [0.2, 0.25) is 0 Å². The van der Waals surface area contributed by atoms with Crippen molar-refractivity contribution >= 4 is 28.9 Å². The summed E-state index contributed by atoms with van der Waals surface area (Å²) in [5.41, 5.74) is 2.63. The highest BCUT2D eigenvalue weighted by atomic mass is 35.5. The first-order valence-corrected chi connectivity index (χ1v) is 6.54. The van der Waals surface area contributed by atoms with E-state index in [2.05, 4.69) is 10.3 Å². The van der Waals surface area contributed by atoms with E-state index in [1.165, 1.54) is 0 Å². The van der Waals surface area contributed by atoms with Gasteiger partial charge >= 0.3 is 0 Å². The molecule has 1 heterocycles. The van der Waals surface area contributed by atoms with Crippen molar-refractivity contribution in [1.29, 1.82) is 0 Å². The molecular weight excluding hydrogens is 283 g/mol. The highest BCUT2D eigenvalue weighted by Crippen LogP contribution is 2.26. The zero-order chi connectivity index (χ0) is 13.8. The van der Waals surface area contributed by atoms with Gasteiger partial charge in [0.25, 0.3) is 0 Å². The number of ether oxygens (including phenoxy) is 1. The number of anilines is 1. The standard InChI is InChI=1S/C14H14Cl2N2O/c1-9-5-12(19-2)7-11(18-9)8-17-14-4-3-10(15)6-13(14)16/h3-7,17H,8H2,1-2H3. The number of benzene rings is 1. The monoisotopic (exact) mass is 296 g/mol. The number of aromatic nitrogens is 1. The lowest BCUT2D eigenvalue weighted by Gasteiger charge is -2.10. The summed E-state index contributed by atoms with van der Waals surface area (Å²) in [7, 11) is 1.64. The summed E-state index contributed by atoms with van der Waals surface area (Å²) in [4.78, 5) is 4.43. The van der Waals surface area contributed by atoms with Crippen molar-refractivity contribution < 1.29 is 4.74 Å². The fraction of sp³-hybridized carbons (Fsp3) is 0.214. The smallest absolute Gasteiger partial charge is 0.122 e. The third-order valence-electron chi connectivity index (χ3n) is 2.61. The number of nitrogens with zero attached hydrogens (tertiary/aromatic N) is 1. The SMILES string of the molecule is COc1cc(C)nc(CNc2ccc(Cl)cc2Cl)c1. The minimum atomic E-state index is 0.569. The van der Waals surface area contributed by atoms with Gasteiger partial charge in [-0.15, -0.1) is 0 Å². The van der Waals surface area contributed by atoms with Crippen LogP contribution in [0.4, 0.5) is 5.69 Å². The molecule has 0 saturated heterocycles. The lowest BCUT2D eigenvalue weighted by atomic mass is 10.2. The van der Waals surface area contributed by atoms with Gasteiger partial charge in [-0.25, -0.2) is 0 Å². The fourth-order valence-electron chi connectivity index (χ4n) is 1.73. The van der Waals surface area contributed by atoms with E-state index in [0.717, 1.165) is 22.8 Å². The summed E-state index contributed by atoms with van der Waals surface area (Å²) in [6, 6.07) is 9.12. The molecule has 0 atom stereocenters. The molecule has 1 aromatic carbocycles. The molecule has 0 aliphatic heterocycles. The Kier molecular flexibility index (Phi) is 4.51.